The molecule has 5 aromatic carbocycles. The van der Waals surface area contributed by atoms with Gasteiger partial charge in [0.15, 0.2) is 0 Å². The standard InChI is InChI=1S/C31H20BN/c1-2-10-20(11-3-1)24-19-22-18-21-12-4-6-14-25(21)32-26-15-7-9-17-28(26)33-27-16-8-5-13-23(27)29(24)31(33)30(22)32/h1-17,19H,18H2. The molecule has 0 saturated heterocycles. The Morgan fingerprint density at radius 1 is 0.636 bits per heavy atom. The Morgan fingerprint density at radius 3 is 2.27 bits per heavy atom. The second kappa shape index (κ2) is 6.27. The molecular formula is C31H20BN. The fourth-order valence-corrected chi connectivity index (χ4v) is 6.40. The van der Waals surface area contributed by atoms with Crippen LogP contribution in [-0.2, 0) is 6.42 Å². The molecule has 0 radical (unpaired) electrons. The Balaban J connectivity index is 1.65. The summed E-state index contributed by atoms with van der Waals surface area (Å²) in [6, 6.07) is 40.4. The molecule has 8 rings (SSSR count). The van der Waals surface area contributed by atoms with Gasteiger partial charge in [-0.05, 0) is 51.7 Å². The zero-order valence-electron chi connectivity index (χ0n) is 18.1. The molecule has 0 amide bonds. The van der Waals surface area contributed by atoms with Gasteiger partial charge >= 0.3 is 0 Å². The molecule has 0 fully saturated rings. The lowest BCUT2D eigenvalue weighted by atomic mass is 9.32. The molecule has 0 aliphatic carbocycles. The number of rotatable bonds is 1. The van der Waals surface area contributed by atoms with Crippen LogP contribution in [0.4, 0.5) is 0 Å². The zero-order chi connectivity index (χ0) is 21.5. The van der Waals surface area contributed by atoms with Gasteiger partial charge in [0, 0.05) is 16.5 Å². The van der Waals surface area contributed by atoms with E-state index in [1.807, 2.05) is 0 Å². The van der Waals surface area contributed by atoms with Gasteiger partial charge in [-0.3, -0.25) is 0 Å². The van der Waals surface area contributed by atoms with Gasteiger partial charge < -0.3 is 4.57 Å². The predicted molar refractivity (Wildman–Crippen MR) is 140 cm³/mol. The Kier molecular flexibility index (Phi) is 3.33. The van der Waals surface area contributed by atoms with Gasteiger partial charge in [-0.15, -0.1) is 0 Å². The molecule has 2 aliphatic rings. The Labute approximate surface area is 193 Å². The molecule has 0 unspecified atom stereocenters. The summed E-state index contributed by atoms with van der Waals surface area (Å²) in [7, 11) is 0. The molecule has 33 heavy (non-hydrogen) atoms. The summed E-state index contributed by atoms with van der Waals surface area (Å²) in [5.74, 6) is 0. The molecule has 2 heteroatoms. The number of benzene rings is 5. The Morgan fingerprint density at radius 2 is 1.36 bits per heavy atom. The smallest absolute Gasteiger partial charge is 0.247 e. The zero-order valence-corrected chi connectivity index (χ0v) is 18.1. The number of hydrogen-bond donors (Lipinski definition) is 0. The Bertz CT molecular complexity index is 1740. The molecule has 152 valence electrons. The fourth-order valence-electron chi connectivity index (χ4n) is 6.40. The minimum atomic E-state index is 0.283. The van der Waals surface area contributed by atoms with Crippen LogP contribution < -0.4 is 16.4 Å². The third-order valence-electron chi connectivity index (χ3n) is 7.67. The number of para-hydroxylation sites is 2. The molecule has 2 aliphatic heterocycles. The van der Waals surface area contributed by atoms with Crippen molar-refractivity contribution in [2.45, 2.75) is 6.42 Å². The topological polar surface area (TPSA) is 4.93 Å². The molecule has 1 aromatic heterocycles. The first-order chi connectivity index (χ1) is 16.4. The van der Waals surface area contributed by atoms with Gasteiger partial charge in [0.1, 0.15) is 0 Å². The van der Waals surface area contributed by atoms with Crippen LogP contribution in [0.15, 0.2) is 109 Å². The van der Waals surface area contributed by atoms with Crippen LogP contribution in [0, 0.1) is 0 Å². The quantitative estimate of drug-likeness (QED) is 0.324. The van der Waals surface area contributed by atoms with Crippen LogP contribution in [-0.4, -0.2) is 11.3 Å². The molecular weight excluding hydrogens is 397 g/mol. The first kappa shape index (κ1) is 17.5. The summed E-state index contributed by atoms with van der Waals surface area (Å²) in [6.45, 7) is 0.283. The van der Waals surface area contributed by atoms with E-state index in [9.17, 15) is 0 Å². The predicted octanol–water partition coefficient (Wildman–Crippen LogP) is 5.18. The molecule has 6 aromatic rings. The summed E-state index contributed by atoms with van der Waals surface area (Å²) < 4.78 is 2.54. The molecule has 3 heterocycles. The molecule has 0 spiro atoms. The number of fused-ring (bicyclic) bond motifs is 8. The van der Waals surface area contributed by atoms with E-state index < -0.39 is 0 Å². The number of hydrogen-bond acceptors (Lipinski definition) is 0. The van der Waals surface area contributed by atoms with Crippen molar-refractivity contribution < 1.29 is 0 Å². The molecule has 0 saturated carbocycles. The lowest BCUT2D eigenvalue weighted by molar-refractivity contribution is 1.16. The molecule has 0 atom stereocenters. The number of aromatic nitrogens is 1. The molecule has 0 bridgehead atoms. The highest BCUT2D eigenvalue weighted by molar-refractivity contribution is 6.99. The SMILES string of the molecule is c1ccc(-c2cc3c4c5c2c2ccccc2n5-c2ccccc2B4c2ccccc2C3)cc1. The van der Waals surface area contributed by atoms with Gasteiger partial charge in [0.2, 0.25) is 6.71 Å². The maximum absolute atomic E-state index is 2.54. The van der Waals surface area contributed by atoms with Crippen LogP contribution in [0.3, 0.4) is 0 Å². The van der Waals surface area contributed by atoms with E-state index in [0.29, 0.717) is 0 Å². The average molecular weight is 417 g/mol. The minimum Gasteiger partial charge on any atom is -0.310 e. The molecule has 1 nitrogen and oxygen atoms in total. The second-order valence-corrected chi connectivity index (χ2v) is 9.31. The van der Waals surface area contributed by atoms with Crippen molar-refractivity contribution in [2.75, 3.05) is 0 Å². The van der Waals surface area contributed by atoms with Crippen LogP contribution >= 0.6 is 0 Å². The van der Waals surface area contributed by atoms with Gasteiger partial charge in [0.25, 0.3) is 0 Å². The normalized spacial score (nSPS) is 13.3. The monoisotopic (exact) mass is 417 g/mol. The summed E-state index contributed by atoms with van der Waals surface area (Å²) in [5, 5.41) is 2.72. The summed E-state index contributed by atoms with van der Waals surface area (Å²) in [6.07, 6.45) is 0.988. The van der Waals surface area contributed by atoms with E-state index in [-0.39, 0.29) is 6.71 Å². The van der Waals surface area contributed by atoms with Crippen LogP contribution in [0.5, 0.6) is 0 Å². The van der Waals surface area contributed by atoms with Crippen molar-refractivity contribution in [1.29, 1.82) is 0 Å². The highest BCUT2D eigenvalue weighted by Crippen LogP contribution is 2.41. The van der Waals surface area contributed by atoms with E-state index in [1.54, 1.807) is 0 Å². The third kappa shape index (κ3) is 2.18. The maximum Gasteiger partial charge on any atom is 0.247 e. The van der Waals surface area contributed by atoms with E-state index in [1.165, 1.54) is 66.1 Å². The Hall–Kier alpha value is -4.04. The fraction of sp³-hybridized carbons (Fsp3) is 0.0323. The lowest BCUT2D eigenvalue weighted by Crippen LogP contribution is -2.60. The lowest BCUT2D eigenvalue weighted by Gasteiger charge is -2.33. The van der Waals surface area contributed by atoms with Gasteiger partial charge in [0.05, 0.1) is 11.0 Å². The van der Waals surface area contributed by atoms with Gasteiger partial charge in [-0.25, -0.2) is 0 Å². The van der Waals surface area contributed by atoms with E-state index >= 15 is 0 Å². The number of nitrogens with zero attached hydrogens (tertiary/aromatic N) is 1. The van der Waals surface area contributed by atoms with Crippen molar-refractivity contribution in [2.24, 2.45) is 0 Å². The van der Waals surface area contributed by atoms with Crippen LogP contribution in [0.2, 0.25) is 0 Å². The minimum absolute atomic E-state index is 0.283. The molecule has 0 N–H and O–H groups in total. The van der Waals surface area contributed by atoms with Crippen LogP contribution in [0.25, 0.3) is 38.6 Å². The highest BCUT2D eigenvalue weighted by atomic mass is 15.0. The van der Waals surface area contributed by atoms with E-state index in [4.69, 9.17) is 0 Å². The maximum atomic E-state index is 2.54. The first-order valence-electron chi connectivity index (χ1n) is 11.7. The van der Waals surface area contributed by atoms with Gasteiger partial charge in [-0.1, -0.05) is 103 Å². The third-order valence-corrected chi connectivity index (χ3v) is 7.67. The average Bonchev–Trinajstić information content (AvgIpc) is 3.23. The van der Waals surface area contributed by atoms with Crippen molar-refractivity contribution in [3.05, 3.63) is 120 Å². The summed E-state index contributed by atoms with van der Waals surface area (Å²) in [4.78, 5) is 0. The van der Waals surface area contributed by atoms with E-state index in [2.05, 4.69) is 114 Å². The highest BCUT2D eigenvalue weighted by Gasteiger charge is 2.39. The summed E-state index contributed by atoms with van der Waals surface area (Å²) >= 11 is 0. The summed E-state index contributed by atoms with van der Waals surface area (Å²) in [5.41, 5.74) is 13.9. The van der Waals surface area contributed by atoms with Crippen molar-refractivity contribution >= 4 is 44.9 Å². The second-order valence-electron chi connectivity index (χ2n) is 9.31. The van der Waals surface area contributed by atoms with Gasteiger partial charge in [-0.2, -0.15) is 0 Å². The van der Waals surface area contributed by atoms with Crippen molar-refractivity contribution in [3.8, 4) is 16.8 Å². The largest absolute Gasteiger partial charge is 0.310 e. The first-order valence-corrected chi connectivity index (χ1v) is 11.7. The van der Waals surface area contributed by atoms with Crippen molar-refractivity contribution in [1.82, 2.24) is 4.57 Å². The van der Waals surface area contributed by atoms with Crippen LogP contribution in [0.1, 0.15) is 11.1 Å². The van der Waals surface area contributed by atoms with E-state index in [0.717, 1.165) is 6.42 Å². The van der Waals surface area contributed by atoms with Crippen molar-refractivity contribution in [3.63, 3.8) is 0 Å².